The van der Waals surface area contributed by atoms with E-state index in [-0.39, 0.29) is 5.91 Å². The zero-order valence-electron chi connectivity index (χ0n) is 14.7. The summed E-state index contributed by atoms with van der Waals surface area (Å²) >= 11 is 1.55. The molecule has 2 saturated heterocycles. The van der Waals surface area contributed by atoms with Gasteiger partial charge in [-0.3, -0.25) is 4.79 Å². The molecule has 6 heteroatoms. The Labute approximate surface area is 149 Å². The number of piperidine rings is 2. The number of thiazole rings is 1. The van der Waals surface area contributed by atoms with Crippen molar-refractivity contribution in [2.24, 2.45) is 17.6 Å². The first-order valence-corrected chi connectivity index (χ1v) is 10.2. The van der Waals surface area contributed by atoms with Gasteiger partial charge < -0.3 is 15.5 Å². The fourth-order valence-corrected chi connectivity index (χ4v) is 4.61. The summed E-state index contributed by atoms with van der Waals surface area (Å²) in [4.78, 5) is 21.8. The number of hydrogen-bond acceptors (Lipinski definition) is 5. The van der Waals surface area contributed by atoms with Crippen molar-refractivity contribution in [1.82, 2.24) is 14.8 Å². The molecule has 2 fully saturated rings. The van der Waals surface area contributed by atoms with E-state index in [1.165, 1.54) is 32.4 Å². The lowest BCUT2D eigenvalue weighted by molar-refractivity contribution is 0.0617. The third-order valence-electron chi connectivity index (χ3n) is 5.33. The lowest BCUT2D eigenvalue weighted by Crippen LogP contribution is -2.45. The number of nitrogens with zero attached hydrogens (tertiary/aromatic N) is 3. The number of amides is 1. The molecule has 3 heterocycles. The predicted octanol–water partition coefficient (Wildman–Crippen LogP) is 2.23. The quantitative estimate of drug-likeness (QED) is 0.884. The molecule has 3 rings (SSSR count). The van der Waals surface area contributed by atoms with Crippen molar-refractivity contribution >= 4 is 17.2 Å². The monoisotopic (exact) mass is 350 g/mol. The minimum absolute atomic E-state index is 0.103. The molecule has 1 amide bonds. The number of likely N-dealkylation sites (tertiary alicyclic amines) is 2. The molecule has 0 saturated carbocycles. The molecule has 0 aromatic carbocycles. The van der Waals surface area contributed by atoms with Gasteiger partial charge in [-0.15, -0.1) is 11.3 Å². The van der Waals surface area contributed by atoms with Crippen molar-refractivity contribution in [2.75, 3.05) is 39.3 Å². The van der Waals surface area contributed by atoms with Crippen LogP contribution in [0.2, 0.25) is 0 Å². The number of rotatable bonds is 5. The second-order valence-corrected chi connectivity index (χ2v) is 8.35. The van der Waals surface area contributed by atoms with E-state index in [0.29, 0.717) is 18.2 Å². The van der Waals surface area contributed by atoms with Crippen LogP contribution in [0.3, 0.4) is 0 Å². The van der Waals surface area contributed by atoms with Gasteiger partial charge in [0.1, 0.15) is 5.69 Å². The lowest BCUT2D eigenvalue weighted by atomic mass is 9.94. The summed E-state index contributed by atoms with van der Waals surface area (Å²) in [5, 5.41) is 2.86. The Kier molecular flexibility index (Phi) is 6.25. The van der Waals surface area contributed by atoms with Crippen LogP contribution in [0, 0.1) is 11.8 Å². The second-order valence-electron chi connectivity index (χ2n) is 7.41. The number of hydrogen-bond donors (Lipinski definition) is 1. The van der Waals surface area contributed by atoms with E-state index in [1.54, 1.807) is 11.3 Å². The molecule has 24 heavy (non-hydrogen) atoms. The highest BCUT2D eigenvalue weighted by atomic mass is 32.1. The molecule has 2 N–H and O–H groups in total. The van der Waals surface area contributed by atoms with Crippen LogP contribution in [0.25, 0.3) is 0 Å². The Morgan fingerprint density at radius 2 is 2.12 bits per heavy atom. The summed E-state index contributed by atoms with van der Waals surface area (Å²) in [6.45, 7) is 8.28. The zero-order chi connectivity index (χ0) is 16.9. The lowest BCUT2D eigenvalue weighted by Gasteiger charge is -2.37. The number of aromatic nitrogens is 1. The van der Waals surface area contributed by atoms with Gasteiger partial charge in [0.2, 0.25) is 0 Å². The summed E-state index contributed by atoms with van der Waals surface area (Å²) in [5.74, 6) is 1.59. The standard InChI is InChI=1S/C18H30N4OS/c1-14-5-9-21(10-6-14)11-15-3-2-8-22(12-15)18(23)16-13-24-17(20-16)4-7-19/h13-15H,2-12,19H2,1H3. The molecule has 0 aliphatic carbocycles. The summed E-state index contributed by atoms with van der Waals surface area (Å²) in [6, 6.07) is 0. The van der Waals surface area contributed by atoms with Crippen LogP contribution in [-0.2, 0) is 6.42 Å². The largest absolute Gasteiger partial charge is 0.337 e. The van der Waals surface area contributed by atoms with E-state index >= 15 is 0 Å². The summed E-state index contributed by atoms with van der Waals surface area (Å²) in [5.41, 5.74) is 6.18. The van der Waals surface area contributed by atoms with Gasteiger partial charge in [0.05, 0.1) is 5.01 Å². The highest BCUT2D eigenvalue weighted by molar-refractivity contribution is 7.09. The molecule has 1 aromatic heterocycles. The summed E-state index contributed by atoms with van der Waals surface area (Å²) < 4.78 is 0. The molecular formula is C18H30N4OS. The zero-order valence-corrected chi connectivity index (χ0v) is 15.6. The maximum atomic E-state index is 12.7. The van der Waals surface area contributed by atoms with Crippen molar-refractivity contribution in [3.8, 4) is 0 Å². The summed E-state index contributed by atoms with van der Waals surface area (Å²) in [7, 11) is 0. The van der Waals surface area contributed by atoms with E-state index in [9.17, 15) is 4.79 Å². The molecule has 1 atom stereocenters. The first-order chi connectivity index (χ1) is 11.7. The van der Waals surface area contributed by atoms with Crippen LogP contribution in [0.15, 0.2) is 5.38 Å². The molecule has 1 unspecified atom stereocenters. The Hall–Kier alpha value is -0.980. The number of carbonyl (C=O) groups is 1. The predicted molar refractivity (Wildman–Crippen MR) is 98.3 cm³/mol. The van der Waals surface area contributed by atoms with Crippen LogP contribution in [0.4, 0.5) is 0 Å². The third kappa shape index (κ3) is 4.55. The maximum absolute atomic E-state index is 12.7. The van der Waals surface area contributed by atoms with E-state index in [1.807, 2.05) is 10.3 Å². The van der Waals surface area contributed by atoms with Gasteiger partial charge in [0.15, 0.2) is 0 Å². The fourth-order valence-electron chi connectivity index (χ4n) is 3.82. The van der Waals surface area contributed by atoms with Gasteiger partial charge in [-0.05, 0) is 57.2 Å². The molecule has 0 bridgehead atoms. The SMILES string of the molecule is CC1CCN(CC2CCCN(C(=O)c3csc(CCN)n3)C2)CC1. The Morgan fingerprint density at radius 1 is 1.33 bits per heavy atom. The van der Waals surface area contributed by atoms with Crippen molar-refractivity contribution in [1.29, 1.82) is 0 Å². The van der Waals surface area contributed by atoms with Gasteiger partial charge in [-0.25, -0.2) is 4.98 Å². The molecule has 134 valence electrons. The van der Waals surface area contributed by atoms with Gasteiger partial charge in [-0.1, -0.05) is 6.92 Å². The molecule has 0 spiro atoms. The highest BCUT2D eigenvalue weighted by Gasteiger charge is 2.28. The van der Waals surface area contributed by atoms with Crippen LogP contribution < -0.4 is 5.73 Å². The van der Waals surface area contributed by atoms with E-state index in [0.717, 1.165) is 43.4 Å². The molecule has 0 radical (unpaired) electrons. The van der Waals surface area contributed by atoms with Crippen molar-refractivity contribution in [3.63, 3.8) is 0 Å². The Morgan fingerprint density at radius 3 is 2.88 bits per heavy atom. The number of carbonyl (C=O) groups excluding carboxylic acids is 1. The second kappa shape index (κ2) is 8.41. The maximum Gasteiger partial charge on any atom is 0.273 e. The van der Waals surface area contributed by atoms with Gasteiger partial charge in [0.25, 0.3) is 5.91 Å². The Bertz CT molecular complexity index is 539. The number of nitrogens with two attached hydrogens (primary N) is 1. The topological polar surface area (TPSA) is 62.5 Å². The van der Waals surface area contributed by atoms with Crippen LogP contribution in [0.5, 0.6) is 0 Å². The molecular weight excluding hydrogens is 320 g/mol. The highest BCUT2D eigenvalue weighted by Crippen LogP contribution is 2.23. The molecule has 1 aromatic rings. The molecule has 5 nitrogen and oxygen atoms in total. The average Bonchev–Trinajstić information content (AvgIpc) is 3.06. The van der Waals surface area contributed by atoms with E-state index < -0.39 is 0 Å². The van der Waals surface area contributed by atoms with Gasteiger partial charge in [-0.2, -0.15) is 0 Å². The normalized spacial score (nSPS) is 23.6. The van der Waals surface area contributed by atoms with Crippen LogP contribution in [-0.4, -0.2) is 60.0 Å². The van der Waals surface area contributed by atoms with Crippen molar-refractivity contribution in [3.05, 3.63) is 16.1 Å². The fraction of sp³-hybridized carbons (Fsp3) is 0.778. The van der Waals surface area contributed by atoms with E-state index in [2.05, 4.69) is 16.8 Å². The minimum Gasteiger partial charge on any atom is -0.337 e. The van der Waals surface area contributed by atoms with E-state index in [4.69, 9.17) is 5.73 Å². The van der Waals surface area contributed by atoms with Crippen LogP contribution in [0.1, 0.15) is 48.1 Å². The smallest absolute Gasteiger partial charge is 0.273 e. The van der Waals surface area contributed by atoms with Gasteiger partial charge >= 0.3 is 0 Å². The first kappa shape index (κ1) is 17.8. The van der Waals surface area contributed by atoms with Crippen LogP contribution >= 0.6 is 11.3 Å². The average molecular weight is 351 g/mol. The van der Waals surface area contributed by atoms with Gasteiger partial charge in [0, 0.05) is 31.4 Å². The molecule has 2 aliphatic rings. The Balaban J connectivity index is 1.53. The third-order valence-corrected chi connectivity index (χ3v) is 6.24. The molecule has 2 aliphatic heterocycles. The summed E-state index contributed by atoms with van der Waals surface area (Å²) in [6.07, 6.45) is 5.75. The first-order valence-electron chi connectivity index (χ1n) is 9.31. The van der Waals surface area contributed by atoms with Crippen molar-refractivity contribution < 1.29 is 4.79 Å². The van der Waals surface area contributed by atoms with Crippen molar-refractivity contribution in [2.45, 2.75) is 39.0 Å². The minimum atomic E-state index is 0.103.